The van der Waals surface area contributed by atoms with Gasteiger partial charge >= 0.3 is 5.97 Å². The summed E-state index contributed by atoms with van der Waals surface area (Å²) in [5, 5.41) is 0. The van der Waals surface area contributed by atoms with E-state index in [2.05, 4.69) is 26.5 Å². The molecule has 1 heterocycles. The largest absolute Gasteiger partial charge is 0.428 e. The van der Waals surface area contributed by atoms with E-state index < -0.39 is 6.29 Å². The second kappa shape index (κ2) is 6.40. The first-order valence-electron chi connectivity index (χ1n) is 7.42. The van der Waals surface area contributed by atoms with Gasteiger partial charge in [0.05, 0.1) is 0 Å². The summed E-state index contributed by atoms with van der Waals surface area (Å²) in [5.41, 5.74) is 3.46. The zero-order valence-electron chi connectivity index (χ0n) is 12.6. The molecule has 0 N–H and O–H groups in total. The topological polar surface area (TPSA) is 35.5 Å². The lowest BCUT2D eigenvalue weighted by Gasteiger charge is -2.29. The number of allylic oxidation sites excluding steroid dienone is 3. The van der Waals surface area contributed by atoms with Gasteiger partial charge in [0.2, 0.25) is 6.29 Å². The quantitative estimate of drug-likeness (QED) is 0.717. The maximum atomic E-state index is 11.4. The van der Waals surface area contributed by atoms with Crippen LogP contribution in [0.15, 0.2) is 35.5 Å². The highest BCUT2D eigenvalue weighted by molar-refractivity contribution is 5.85. The van der Waals surface area contributed by atoms with Crippen LogP contribution in [0, 0.1) is 11.8 Å². The molecule has 0 amide bonds. The molecular formula is C17H24O3. The number of cyclic esters (lactones) is 1. The van der Waals surface area contributed by atoms with Crippen LogP contribution in [0.3, 0.4) is 0 Å². The van der Waals surface area contributed by atoms with Gasteiger partial charge in [0.1, 0.15) is 0 Å². The lowest BCUT2D eigenvalue weighted by atomic mass is 9.76. The Balaban J connectivity index is 2.15. The summed E-state index contributed by atoms with van der Waals surface area (Å²) in [6.07, 6.45) is 6.23. The Morgan fingerprint density at radius 3 is 2.80 bits per heavy atom. The van der Waals surface area contributed by atoms with Gasteiger partial charge in [-0.1, -0.05) is 37.6 Å². The Labute approximate surface area is 121 Å². The molecule has 2 atom stereocenters. The van der Waals surface area contributed by atoms with Crippen LogP contribution >= 0.6 is 0 Å². The molecular weight excluding hydrogens is 252 g/mol. The molecule has 0 spiro atoms. The normalized spacial score (nSPS) is 26.6. The molecule has 0 aromatic rings. The highest BCUT2D eigenvalue weighted by Gasteiger charge is 2.30. The van der Waals surface area contributed by atoms with E-state index in [0.717, 1.165) is 24.8 Å². The van der Waals surface area contributed by atoms with E-state index in [-0.39, 0.29) is 5.97 Å². The molecule has 2 aliphatic rings. The molecule has 20 heavy (non-hydrogen) atoms. The van der Waals surface area contributed by atoms with Crippen molar-refractivity contribution in [2.75, 3.05) is 6.61 Å². The fourth-order valence-electron chi connectivity index (χ4n) is 3.01. The van der Waals surface area contributed by atoms with Gasteiger partial charge < -0.3 is 9.47 Å². The average molecular weight is 276 g/mol. The second-order valence-electron chi connectivity index (χ2n) is 5.89. The first-order chi connectivity index (χ1) is 9.51. The summed E-state index contributed by atoms with van der Waals surface area (Å²) < 4.78 is 10.7. The fraction of sp³-hybridized carbons (Fsp3) is 0.588. The van der Waals surface area contributed by atoms with E-state index in [4.69, 9.17) is 9.47 Å². The van der Waals surface area contributed by atoms with Crippen molar-refractivity contribution in [1.82, 2.24) is 0 Å². The molecule has 1 aliphatic carbocycles. The van der Waals surface area contributed by atoms with Crippen LogP contribution in [-0.4, -0.2) is 18.9 Å². The zero-order chi connectivity index (χ0) is 14.7. The van der Waals surface area contributed by atoms with Gasteiger partial charge in [-0.05, 0) is 38.0 Å². The van der Waals surface area contributed by atoms with Crippen LogP contribution in [0.2, 0.25) is 0 Å². The number of carbonyl (C=O) groups is 1. The van der Waals surface area contributed by atoms with Crippen molar-refractivity contribution in [3.63, 3.8) is 0 Å². The van der Waals surface area contributed by atoms with E-state index in [1.807, 2.05) is 6.92 Å². The van der Waals surface area contributed by atoms with E-state index in [0.29, 0.717) is 18.4 Å². The van der Waals surface area contributed by atoms with E-state index in [9.17, 15) is 4.79 Å². The predicted molar refractivity (Wildman–Crippen MR) is 79.0 cm³/mol. The zero-order valence-corrected chi connectivity index (χ0v) is 12.6. The Hall–Kier alpha value is -1.35. The summed E-state index contributed by atoms with van der Waals surface area (Å²) in [4.78, 5) is 11.4. The fourth-order valence-corrected chi connectivity index (χ4v) is 3.01. The monoisotopic (exact) mass is 276 g/mol. The summed E-state index contributed by atoms with van der Waals surface area (Å²) >= 11 is 0. The smallest absolute Gasteiger partial charge is 0.333 e. The van der Waals surface area contributed by atoms with Gasteiger partial charge in [0, 0.05) is 18.3 Å². The SMILES string of the molecule is C=C1C=C(CC2=CC(=O)O[C@@H]2OCC)[C@@H](C(C)C)CC1. The predicted octanol–water partition coefficient (Wildman–Crippen LogP) is 3.77. The third-order valence-corrected chi connectivity index (χ3v) is 4.00. The first kappa shape index (κ1) is 15.0. The first-order valence-corrected chi connectivity index (χ1v) is 7.42. The van der Waals surface area contributed by atoms with Crippen LogP contribution < -0.4 is 0 Å². The Bertz CT molecular complexity index is 457. The van der Waals surface area contributed by atoms with Crippen LogP contribution in [0.4, 0.5) is 0 Å². The van der Waals surface area contributed by atoms with Gasteiger partial charge in [0.15, 0.2) is 0 Å². The Morgan fingerprint density at radius 1 is 1.40 bits per heavy atom. The van der Waals surface area contributed by atoms with Crippen molar-refractivity contribution in [3.05, 3.63) is 35.5 Å². The minimum Gasteiger partial charge on any atom is -0.428 e. The molecule has 0 unspecified atom stereocenters. The van der Waals surface area contributed by atoms with Crippen molar-refractivity contribution in [3.8, 4) is 0 Å². The summed E-state index contributed by atoms with van der Waals surface area (Å²) in [7, 11) is 0. The molecule has 3 heteroatoms. The summed E-state index contributed by atoms with van der Waals surface area (Å²) in [6, 6.07) is 0. The maximum Gasteiger partial charge on any atom is 0.333 e. The second-order valence-corrected chi connectivity index (χ2v) is 5.89. The third kappa shape index (κ3) is 3.40. The number of carbonyl (C=O) groups excluding carboxylic acids is 1. The van der Waals surface area contributed by atoms with Crippen molar-refractivity contribution in [2.45, 2.75) is 46.3 Å². The molecule has 0 aromatic heterocycles. The summed E-state index contributed by atoms with van der Waals surface area (Å²) in [6.45, 7) is 11.0. The number of hydrogen-bond acceptors (Lipinski definition) is 3. The minimum atomic E-state index is -0.503. The van der Waals surface area contributed by atoms with E-state index in [1.165, 1.54) is 11.1 Å². The maximum absolute atomic E-state index is 11.4. The molecule has 2 rings (SSSR count). The molecule has 1 aliphatic heterocycles. The minimum absolute atomic E-state index is 0.296. The van der Waals surface area contributed by atoms with Gasteiger partial charge in [-0.25, -0.2) is 4.79 Å². The molecule has 0 aromatic carbocycles. The molecule has 0 fully saturated rings. The summed E-state index contributed by atoms with van der Waals surface area (Å²) in [5.74, 6) is 0.854. The number of esters is 1. The van der Waals surface area contributed by atoms with Gasteiger partial charge in [-0.15, -0.1) is 0 Å². The standard InChI is InChI=1S/C17H24O3/c1-5-19-17-14(10-16(18)20-17)9-13-8-12(4)6-7-15(13)11(2)3/h8,10-11,15,17H,4-7,9H2,1-3H3/t15-,17+/m1/s1. The van der Waals surface area contributed by atoms with Gasteiger partial charge in [0.25, 0.3) is 0 Å². The Morgan fingerprint density at radius 2 is 2.15 bits per heavy atom. The van der Waals surface area contributed by atoms with Crippen molar-refractivity contribution in [1.29, 1.82) is 0 Å². The van der Waals surface area contributed by atoms with Crippen molar-refractivity contribution < 1.29 is 14.3 Å². The molecule has 110 valence electrons. The highest BCUT2D eigenvalue weighted by Crippen LogP contribution is 2.37. The van der Waals surface area contributed by atoms with Crippen molar-refractivity contribution >= 4 is 5.97 Å². The average Bonchev–Trinajstić information content (AvgIpc) is 2.69. The van der Waals surface area contributed by atoms with Gasteiger partial charge in [-0.3, -0.25) is 0 Å². The van der Waals surface area contributed by atoms with Crippen LogP contribution in [0.1, 0.15) is 40.0 Å². The van der Waals surface area contributed by atoms with Crippen LogP contribution in [0.25, 0.3) is 0 Å². The molecule has 0 bridgehead atoms. The van der Waals surface area contributed by atoms with E-state index >= 15 is 0 Å². The lowest BCUT2D eigenvalue weighted by Crippen LogP contribution is -2.20. The highest BCUT2D eigenvalue weighted by atomic mass is 16.7. The molecule has 0 saturated carbocycles. The number of hydrogen-bond donors (Lipinski definition) is 0. The number of ether oxygens (including phenoxy) is 2. The lowest BCUT2D eigenvalue weighted by molar-refractivity contribution is -0.158. The van der Waals surface area contributed by atoms with Crippen LogP contribution in [0.5, 0.6) is 0 Å². The van der Waals surface area contributed by atoms with Crippen LogP contribution in [-0.2, 0) is 14.3 Å². The van der Waals surface area contributed by atoms with Gasteiger partial charge in [-0.2, -0.15) is 0 Å². The molecule has 3 nitrogen and oxygen atoms in total. The third-order valence-electron chi connectivity index (χ3n) is 4.00. The molecule has 0 saturated heterocycles. The van der Waals surface area contributed by atoms with Crippen molar-refractivity contribution in [2.24, 2.45) is 11.8 Å². The molecule has 0 radical (unpaired) electrons. The number of rotatable bonds is 5. The van der Waals surface area contributed by atoms with E-state index in [1.54, 1.807) is 6.08 Å². The Kier molecular flexibility index (Phi) is 4.81.